The van der Waals surface area contributed by atoms with Gasteiger partial charge in [-0.1, -0.05) is 12.1 Å². The van der Waals surface area contributed by atoms with Gasteiger partial charge in [-0.25, -0.2) is 13.6 Å². The molecular formula is C18H19F2N3O2. The predicted octanol–water partition coefficient (Wildman–Crippen LogP) is 3.65. The molecule has 2 heterocycles. The first-order valence-electron chi connectivity index (χ1n) is 8.14. The minimum atomic E-state index is -0.820. The number of ether oxygens (including phenoxy) is 1. The summed E-state index contributed by atoms with van der Waals surface area (Å²) in [6, 6.07) is 6.12. The minimum Gasteiger partial charge on any atom is -0.381 e. The van der Waals surface area contributed by atoms with E-state index in [1.807, 2.05) is 6.07 Å². The van der Waals surface area contributed by atoms with Crippen LogP contribution in [0, 0.1) is 17.6 Å². The lowest BCUT2D eigenvalue weighted by Crippen LogP contribution is -2.38. The van der Waals surface area contributed by atoms with Crippen molar-refractivity contribution in [3.05, 3.63) is 59.9 Å². The van der Waals surface area contributed by atoms with Gasteiger partial charge < -0.3 is 15.4 Å². The summed E-state index contributed by atoms with van der Waals surface area (Å²) >= 11 is 0. The molecule has 3 rings (SSSR count). The molecule has 25 heavy (non-hydrogen) atoms. The molecule has 7 heteroatoms. The van der Waals surface area contributed by atoms with Crippen molar-refractivity contribution < 1.29 is 18.3 Å². The summed E-state index contributed by atoms with van der Waals surface area (Å²) in [6.07, 6.45) is 4.91. The largest absolute Gasteiger partial charge is 0.381 e. The fourth-order valence-electron chi connectivity index (χ4n) is 2.99. The molecule has 1 saturated heterocycles. The topological polar surface area (TPSA) is 63.2 Å². The molecule has 5 nitrogen and oxygen atoms in total. The highest BCUT2D eigenvalue weighted by Crippen LogP contribution is 2.30. The number of hydrogen-bond acceptors (Lipinski definition) is 3. The van der Waals surface area contributed by atoms with Gasteiger partial charge in [0, 0.05) is 25.6 Å². The van der Waals surface area contributed by atoms with E-state index in [2.05, 4.69) is 15.6 Å². The van der Waals surface area contributed by atoms with Crippen molar-refractivity contribution in [1.82, 2.24) is 10.3 Å². The molecule has 0 bridgehead atoms. The quantitative estimate of drug-likeness (QED) is 0.887. The Morgan fingerprint density at radius 2 is 1.88 bits per heavy atom. The third-order valence-corrected chi connectivity index (χ3v) is 4.27. The van der Waals surface area contributed by atoms with Gasteiger partial charge in [0.15, 0.2) is 0 Å². The number of hydrogen-bond donors (Lipinski definition) is 2. The number of nitrogens with one attached hydrogen (secondary N) is 2. The highest BCUT2D eigenvalue weighted by Gasteiger charge is 2.27. The molecule has 1 aliphatic rings. The number of urea groups is 1. The molecule has 1 aromatic heterocycles. The number of benzene rings is 1. The SMILES string of the molecule is O=C(Nc1c(F)cccc1F)NC(c1cccnc1)C1CCOCC1. The van der Waals surface area contributed by atoms with Crippen LogP contribution in [-0.2, 0) is 4.74 Å². The third kappa shape index (κ3) is 4.30. The number of nitrogens with zero attached hydrogens (tertiary/aromatic N) is 1. The van der Waals surface area contributed by atoms with Crippen LogP contribution in [0.4, 0.5) is 19.3 Å². The van der Waals surface area contributed by atoms with Crippen LogP contribution in [0.25, 0.3) is 0 Å². The lowest BCUT2D eigenvalue weighted by atomic mass is 9.88. The molecular weight excluding hydrogens is 328 g/mol. The summed E-state index contributed by atoms with van der Waals surface area (Å²) in [5, 5.41) is 5.09. The highest BCUT2D eigenvalue weighted by atomic mass is 19.1. The number of aromatic nitrogens is 1. The van der Waals surface area contributed by atoms with E-state index in [4.69, 9.17) is 4.74 Å². The molecule has 0 radical (unpaired) electrons. The normalized spacial score (nSPS) is 16.2. The Morgan fingerprint density at radius 1 is 1.16 bits per heavy atom. The number of anilines is 1. The number of amides is 2. The first-order chi connectivity index (χ1) is 12.1. The van der Waals surface area contributed by atoms with Crippen molar-refractivity contribution in [3.8, 4) is 0 Å². The number of carbonyl (C=O) groups excluding carboxylic acids is 1. The Bertz CT molecular complexity index is 701. The fourth-order valence-corrected chi connectivity index (χ4v) is 2.99. The average molecular weight is 347 g/mol. The average Bonchev–Trinajstić information content (AvgIpc) is 2.64. The van der Waals surface area contributed by atoms with Crippen molar-refractivity contribution in [1.29, 1.82) is 0 Å². The van der Waals surface area contributed by atoms with E-state index in [1.54, 1.807) is 18.5 Å². The Kier molecular flexibility index (Phi) is 5.55. The number of carbonyl (C=O) groups is 1. The van der Waals surface area contributed by atoms with Gasteiger partial charge in [-0.05, 0) is 42.5 Å². The number of para-hydroxylation sites is 1. The molecule has 0 aliphatic carbocycles. The summed E-state index contributed by atoms with van der Waals surface area (Å²) in [5.74, 6) is -1.48. The van der Waals surface area contributed by atoms with E-state index in [1.165, 1.54) is 6.07 Å². The first-order valence-corrected chi connectivity index (χ1v) is 8.14. The Balaban J connectivity index is 1.76. The first kappa shape index (κ1) is 17.3. The van der Waals surface area contributed by atoms with Gasteiger partial charge in [0.2, 0.25) is 0 Å². The maximum absolute atomic E-state index is 13.7. The van der Waals surface area contributed by atoms with Crippen LogP contribution in [0.3, 0.4) is 0 Å². The van der Waals surface area contributed by atoms with E-state index >= 15 is 0 Å². The van der Waals surface area contributed by atoms with Crippen LogP contribution in [-0.4, -0.2) is 24.2 Å². The third-order valence-electron chi connectivity index (χ3n) is 4.27. The van der Waals surface area contributed by atoms with Gasteiger partial charge in [0.05, 0.1) is 6.04 Å². The van der Waals surface area contributed by atoms with Crippen molar-refractivity contribution >= 4 is 11.7 Å². The van der Waals surface area contributed by atoms with E-state index in [0.29, 0.717) is 13.2 Å². The molecule has 2 N–H and O–H groups in total. The molecule has 0 spiro atoms. The summed E-state index contributed by atoms with van der Waals surface area (Å²) < 4.78 is 32.8. The van der Waals surface area contributed by atoms with Gasteiger partial charge in [-0.3, -0.25) is 4.98 Å². The lowest BCUT2D eigenvalue weighted by Gasteiger charge is -2.31. The van der Waals surface area contributed by atoms with Gasteiger partial charge >= 0.3 is 6.03 Å². The van der Waals surface area contributed by atoms with Crippen molar-refractivity contribution in [3.63, 3.8) is 0 Å². The van der Waals surface area contributed by atoms with Crippen LogP contribution >= 0.6 is 0 Å². The molecule has 1 atom stereocenters. The van der Waals surface area contributed by atoms with Crippen LogP contribution in [0.2, 0.25) is 0 Å². The molecule has 132 valence electrons. The van der Waals surface area contributed by atoms with Gasteiger partial charge in [0.1, 0.15) is 17.3 Å². The van der Waals surface area contributed by atoms with Crippen molar-refractivity contribution in [2.24, 2.45) is 5.92 Å². The fraction of sp³-hybridized carbons (Fsp3) is 0.333. The number of pyridine rings is 1. The van der Waals surface area contributed by atoms with E-state index in [9.17, 15) is 13.6 Å². The summed E-state index contributed by atoms with van der Waals surface area (Å²) in [4.78, 5) is 16.4. The summed E-state index contributed by atoms with van der Waals surface area (Å²) in [6.45, 7) is 1.24. The zero-order valence-electron chi connectivity index (χ0n) is 13.5. The predicted molar refractivity (Wildman–Crippen MR) is 89.0 cm³/mol. The van der Waals surface area contributed by atoms with Crippen molar-refractivity contribution in [2.45, 2.75) is 18.9 Å². The van der Waals surface area contributed by atoms with Gasteiger partial charge in [0.25, 0.3) is 0 Å². The zero-order chi connectivity index (χ0) is 17.6. The van der Waals surface area contributed by atoms with E-state index in [-0.39, 0.29) is 12.0 Å². The van der Waals surface area contributed by atoms with Crippen molar-refractivity contribution in [2.75, 3.05) is 18.5 Å². The van der Waals surface area contributed by atoms with Crippen LogP contribution in [0.5, 0.6) is 0 Å². The Morgan fingerprint density at radius 3 is 2.52 bits per heavy atom. The smallest absolute Gasteiger partial charge is 0.319 e. The summed E-state index contributed by atoms with van der Waals surface area (Å²) in [5.41, 5.74) is 0.385. The van der Waals surface area contributed by atoms with E-state index in [0.717, 1.165) is 30.5 Å². The monoisotopic (exact) mass is 347 g/mol. The second-order valence-electron chi connectivity index (χ2n) is 5.91. The molecule has 2 amide bonds. The highest BCUT2D eigenvalue weighted by molar-refractivity contribution is 5.89. The second kappa shape index (κ2) is 8.02. The maximum Gasteiger partial charge on any atom is 0.319 e. The standard InChI is InChI=1S/C18H19F2N3O2/c19-14-4-1-5-15(20)17(14)23-18(24)22-16(12-6-9-25-10-7-12)13-3-2-8-21-11-13/h1-5,8,11-12,16H,6-7,9-10H2,(H2,22,23,24). The van der Waals surface area contributed by atoms with Gasteiger partial charge in [-0.2, -0.15) is 0 Å². The van der Waals surface area contributed by atoms with Crippen LogP contribution in [0.15, 0.2) is 42.7 Å². The molecule has 0 saturated carbocycles. The molecule has 1 unspecified atom stereocenters. The van der Waals surface area contributed by atoms with Crippen LogP contribution in [0.1, 0.15) is 24.4 Å². The van der Waals surface area contributed by atoms with Gasteiger partial charge in [-0.15, -0.1) is 0 Å². The molecule has 1 aliphatic heterocycles. The lowest BCUT2D eigenvalue weighted by molar-refractivity contribution is 0.0550. The summed E-state index contributed by atoms with van der Waals surface area (Å²) in [7, 11) is 0. The minimum absolute atomic E-state index is 0.161. The second-order valence-corrected chi connectivity index (χ2v) is 5.91. The van der Waals surface area contributed by atoms with E-state index < -0.39 is 23.4 Å². The number of rotatable bonds is 4. The Hall–Kier alpha value is -2.54. The van der Waals surface area contributed by atoms with Crippen LogP contribution < -0.4 is 10.6 Å². The molecule has 1 fully saturated rings. The Labute approximate surface area is 144 Å². The molecule has 2 aromatic rings. The number of halogens is 2. The molecule has 1 aromatic carbocycles. The maximum atomic E-state index is 13.7. The zero-order valence-corrected chi connectivity index (χ0v) is 13.5.